The summed E-state index contributed by atoms with van der Waals surface area (Å²) in [7, 11) is 1.77. The van der Waals surface area contributed by atoms with Gasteiger partial charge in [-0.15, -0.1) is 0 Å². The van der Waals surface area contributed by atoms with Crippen LogP contribution in [0.1, 0.15) is 40.6 Å². The van der Waals surface area contributed by atoms with E-state index in [2.05, 4.69) is 4.98 Å². The molecule has 0 unspecified atom stereocenters. The van der Waals surface area contributed by atoms with Crippen molar-refractivity contribution in [3.05, 3.63) is 69.4 Å². The first-order chi connectivity index (χ1) is 12.0. The topological polar surface area (TPSA) is 62.4 Å². The quantitative estimate of drug-likeness (QED) is 0.931. The van der Waals surface area contributed by atoms with E-state index in [4.69, 9.17) is 4.74 Å². The zero-order valence-corrected chi connectivity index (χ0v) is 14.3. The van der Waals surface area contributed by atoms with Crippen LogP contribution < -0.4 is 5.56 Å². The lowest BCUT2D eigenvalue weighted by Gasteiger charge is -2.36. The van der Waals surface area contributed by atoms with E-state index in [1.54, 1.807) is 37.1 Å². The van der Waals surface area contributed by atoms with Gasteiger partial charge >= 0.3 is 0 Å². The maximum Gasteiger partial charge on any atom is 0.255 e. The summed E-state index contributed by atoms with van der Waals surface area (Å²) in [5, 5.41) is 0. The van der Waals surface area contributed by atoms with Crippen LogP contribution >= 0.6 is 0 Å². The minimum Gasteiger partial charge on any atom is -0.373 e. The number of aromatic nitrogens is 1. The van der Waals surface area contributed by atoms with E-state index in [0.717, 1.165) is 12.0 Å². The van der Waals surface area contributed by atoms with E-state index in [9.17, 15) is 14.0 Å². The Hall–Kier alpha value is -2.47. The summed E-state index contributed by atoms with van der Waals surface area (Å²) in [5.74, 6) is -0.407. The first-order valence-corrected chi connectivity index (χ1v) is 8.30. The second-order valence-corrected chi connectivity index (χ2v) is 6.37. The number of aryl methyl sites for hydroxylation is 1. The fourth-order valence-corrected chi connectivity index (χ4v) is 3.21. The summed E-state index contributed by atoms with van der Waals surface area (Å²) in [5.41, 5.74) is 1.74. The summed E-state index contributed by atoms with van der Waals surface area (Å²) in [4.78, 5) is 28.5. The molecule has 0 saturated carbocycles. The summed E-state index contributed by atoms with van der Waals surface area (Å²) >= 11 is 0. The molecule has 1 amide bonds. The number of aromatic amines is 1. The Morgan fingerprint density at radius 3 is 2.64 bits per heavy atom. The molecule has 0 radical (unpaired) electrons. The molecule has 5 nitrogen and oxygen atoms in total. The van der Waals surface area contributed by atoms with Crippen LogP contribution in [0.5, 0.6) is 0 Å². The van der Waals surface area contributed by atoms with Crippen molar-refractivity contribution < 1.29 is 13.9 Å². The molecular formula is C19H21FN2O3. The minimum atomic E-state index is -0.281. The van der Waals surface area contributed by atoms with E-state index in [-0.39, 0.29) is 29.4 Å². The van der Waals surface area contributed by atoms with Crippen LogP contribution in [0.4, 0.5) is 4.39 Å². The molecule has 1 aromatic carbocycles. The van der Waals surface area contributed by atoms with Crippen molar-refractivity contribution in [3.63, 3.8) is 0 Å². The van der Waals surface area contributed by atoms with Crippen molar-refractivity contribution in [1.29, 1.82) is 0 Å². The molecule has 1 aromatic heterocycles. The molecule has 0 bridgehead atoms. The van der Waals surface area contributed by atoms with Crippen LogP contribution in [-0.4, -0.2) is 35.5 Å². The van der Waals surface area contributed by atoms with Gasteiger partial charge < -0.3 is 14.6 Å². The number of amides is 1. The zero-order chi connectivity index (χ0) is 18.0. The Bertz CT molecular complexity index is 816. The third-order valence-electron chi connectivity index (χ3n) is 4.71. The van der Waals surface area contributed by atoms with Crippen LogP contribution in [0.2, 0.25) is 0 Å². The van der Waals surface area contributed by atoms with E-state index < -0.39 is 0 Å². The van der Waals surface area contributed by atoms with Gasteiger partial charge in [-0.25, -0.2) is 4.39 Å². The average Bonchev–Trinajstić information content (AvgIpc) is 2.61. The number of hydrogen-bond acceptors (Lipinski definition) is 3. The van der Waals surface area contributed by atoms with Crippen molar-refractivity contribution >= 4 is 5.91 Å². The molecule has 1 fully saturated rings. The normalized spacial score (nSPS) is 20.3. The number of carbonyl (C=O) groups excluding carboxylic acids is 1. The number of pyridine rings is 1. The Morgan fingerprint density at radius 1 is 1.24 bits per heavy atom. The lowest BCUT2D eigenvalue weighted by atomic mass is 9.96. The third kappa shape index (κ3) is 3.79. The van der Waals surface area contributed by atoms with E-state index in [1.807, 2.05) is 0 Å². The molecule has 0 spiro atoms. The van der Waals surface area contributed by atoms with Gasteiger partial charge in [0.1, 0.15) is 5.82 Å². The standard InChI is InChI=1S/C19H21FN2O3/c1-12-16(7-8-18(23)21-12)19(24)22(2)15-9-10-25-17(11-15)13-3-5-14(20)6-4-13/h3-8,15,17H,9-11H2,1-2H3,(H,21,23)/t15-,17+/m0/s1. The number of H-pyrrole nitrogens is 1. The molecule has 1 N–H and O–H groups in total. The van der Waals surface area contributed by atoms with Gasteiger partial charge in [0.2, 0.25) is 5.56 Å². The maximum atomic E-state index is 13.1. The van der Waals surface area contributed by atoms with Crippen molar-refractivity contribution in [2.45, 2.75) is 31.9 Å². The first kappa shape index (κ1) is 17.4. The lowest BCUT2D eigenvalue weighted by Crippen LogP contribution is -2.41. The number of hydrogen-bond donors (Lipinski definition) is 1. The Balaban J connectivity index is 1.75. The monoisotopic (exact) mass is 344 g/mol. The smallest absolute Gasteiger partial charge is 0.255 e. The van der Waals surface area contributed by atoms with Gasteiger partial charge in [0.05, 0.1) is 11.7 Å². The molecule has 6 heteroatoms. The Morgan fingerprint density at radius 2 is 1.96 bits per heavy atom. The van der Waals surface area contributed by atoms with Gasteiger partial charge in [-0.1, -0.05) is 12.1 Å². The average molecular weight is 344 g/mol. The highest BCUT2D eigenvalue weighted by Crippen LogP contribution is 2.30. The number of ether oxygens (including phenoxy) is 1. The molecular weight excluding hydrogens is 323 g/mol. The largest absolute Gasteiger partial charge is 0.373 e. The number of rotatable bonds is 3. The highest BCUT2D eigenvalue weighted by Gasteiger charge is 2.29. The van der Waals surface area contributed by atoms with Gasteiger partial charge in [0.25, 0.3) is 5.91 Å². The van der Waals surface area contributed by atoms with Crippen molar-refractivity contribution in [2.24, 2.45) is 0 Å². The summed E-state index contributed by atoms with van der Waals surface area (Å²) in [6.07, 6.45) is 1.23. The van der Waals surface area contributed by atoms with Crippen LogP contribution in [0.3, 0.4) is 0 Å². The molecule has 2 atom stereocenters. The summed E-state index contributed by atoms with van der Waals surface area (Å²) in [6.45, 7) is 2.25. The van der Waals surface area contributed by atoms with Gasteiger partial charge in [-0.2, -0.15) is 0 Å². The molecule has 25 heavy (non-hydrogen) atoms. The number of nitrogens with zero attached hydrogens (tertiary/aromatic N) is 1. The van der Waals surface area contributed by atoms with Gasteiger partial charge in [0, 0.05) is 31.5 Å². The fraction of sp³-hybridized carbons (Fsp3) is 0.368. The predicted octanol–water partition coefficient (Wildman–Crippen LogP) is 2.81. The Kier molecular flexibility index (Phi) is 4.99. The van der Waals surface area contributed by atoms with Crippen molar-refractivity contribution in [2.75, 3.05) is 13.7 Å². The van der Waals surface area contributed by atoms with Gasteiger partial charge in [-0.3, -0.25) is 9.59 Å². The first-order valence-electron chi connectivity index (χ1n) is 8.30. The van der Waals surface area contributed by atoms with E-state index in [0.29, 0.717) is 24.3 Å². The molecule has 2 heterocycles. The maximum absolute atomic E-state index is 13.1. The number of carbonyl (C=O) groups is 1. The van der Waals surface area contributed by atoms with Crippen LogP contribution in [0.25, 0.3) is 0 Å². The number of nitrogens with one attached hydrogen (secondary N) is 1. The van der Waals surface area contributed by atoms with Crippen LogP contribution in [-0.2, 0) is 4.74 Å². The second-order valence-electron chi connectivity index (χ2n) is 6.37. The molecule has 132 valence electrons. The minimum absolute atomic E-state index is 0.0163. The van der Waals surface area contributed by atoms with Crippen LogP contribution in [0.15, 0.2) is 41.2 Å². The number of halogens is 1. The molecule has 1 aliphatic heterocycles. The van der Waals surface area contributed by atoms with Crippen LogP contribution in [0, 0.1) is 12.7 Å². The molecule has 2 aromatic rings. The predicted molar refractivity (Wildman–Crippen MR) is 92.0 cm³/mol. The van der Waals surface area contributed by atoms with Gasteiger partial charge in [0.15, 0.2) is 0 Å². The lowest BCUT2D eigenvalue weighted by molar-refractivity contribution is -0.0197. The SMILES string of the molecule is Cc1[nH]c(=O)ccc1C(=O)N(C)[C@H]1CCO[C@@H](c2ccc(F)cc2)C1. The molecule has 1 aliphatic rings. The molecule has 1 saturated heterocycles. The molecule has 0 aliphatic carbocycles. The number of benzene rings is 1. The van der Waals surface area contributed by atoms with Gasteiger partial charge in [-0.05, 0) is 43.5 Å². The summed E-state index contributed by atoms with van der Waals surface area (Å²) in [6, 6.07) is 9.21. The fourth-order valence-electron chi connectivity index (χ4n) is 3.21. The van der Waals surface area contributed by atoms with Crippen molar-refractivity contribution in [1.82, 2.24) is 9.88 Å². The molecule has 3 rings (SSSR count). The zero-order valence-electron chi connectivity index (χ0n) is 14.3. The highest BCUT2D eigenvalue weighted by atomic mass is 19.1. The van der Waals surface area contributed by atoms with E-state index in [1.165, 1.54) is 18.2 Å². The second kappa shape index (κ2) is 7.19. The van der Waals surface area contributed by atoms with Crippen molar-refractivity contribution in [3.8, 4) is 0 Å². The Labute approximate surface area is 145 Å². The highest BCUT2D eigenvalue weighted by molar-refractivity contribution is 5.95. The third-order valence-corrected chi connectivity index (χ3v) is 4.71. The summed E-state index contributed by atoms with van der Waals surface area (Å²) < 4.78 is 18.9. The van der Waals surface area contributed by atoms with E-state index >= 15 is 0 Å².